The standard InChI is InChI=1S/C18H24O4.C16H20.3C14H18.C14H16.C8H14N4.CH5N/c1-3-21-17(19)11-13-9-14-7-5-6-8-15(14)12-16(10-13)18(20)22-4-2;1-3-7-14-10-13(4-2)11-15-8-5-6-9-16(15)12-14;4*1-2-7-14-10-12-5-3-4-11(8-12)9-13(14)6-1;1-4-12(3)7-5-6-10-8(9-2)11-7;1-2/h5-8,13,16H,3-4,9-12H2,1-2H3;3-6,8-9,13-14H,1-2,7,10-12H2;3*1-2,6-7,11-12H,3-5,8-10H2;1-4,6-7,11-12H,5,8-10H2;5-6H,4H2,1-3H3,(H,9,10,11);2H2,1H3/i;;;;;;5D;. The summed E-state index contributed by atoms with van der Waals surface area (Å²) in [5.74, 6) is 9.34. The Bertz CT molecular complexity index is 3790. The smallest absolute Gasteiger partial charge is 0.309 e. The highest BCUT2D eigenvalue weighted by Crippen LogP contribution is 2.42. The number of esters is 2. The molecule has 108 heavy (non-hydrogen) atoms. The molecular weight excluding hydrogens is 1320 g/mol. The van der Waals surface area contributed by atoms with Crippen LogP contribution in [0.4, 0.5) is 5.82 Å². The molecule has 578 valence electrons. The van der Waals surface area contributed by atoms with Gasteiger partial charge in [-0.05, 0) is 294 Å². The molecule has 7 aromatic rings. The van der Waals surface area contributed by atoms with E-state index >= 15 is 0 Å². The van der Waals surface area contributed by atoms with Gasteiger partial charge in [-0.1, -0.05) is 228 Å². The molecule has 8 bridgehead atoms. The number of nitrogens with one attached hydrogen (secondary N) is 1. The van der Waals surface area contributed by atoms with Gasteiger partial charge < -0.3 is 25.1 Å². The first-order valence-electron chi connectivity index (χ1n) is 42.7. The number of H-pyrrole nitrogens is 1. The van der Waals surface area contributed by atoms with E-state index in [1.165, 1.54) is 183 Å². The SMILES string of the molecule is C1=CC2Cc3ccccc3CC(C1)C2.C=CCC1Cc2ccccc2CC(C=C)C1.CCOC(=O)CC1Cc2ccccc2CC(C(=O)OCC)C1.CN.[2H]c1c[nH]c(=NC)nc1N(C)CC.c1ccc2c(c1)CC1CCCC(C2)C1.c1ccc2c(c1)CC1CCCC(C2)C1.c1ccc2c(c1)CC1CCCC(C2)C1. The van der Waals surface area contributed by atoms with E-state index in [4.69, 9.17) is 10.8 Å². The van der Waals surface area contributed by atoms with Crippen LogP contribution in [0.25, 0.3) is 0 Å². The molecule has 10 aliphatic rings. The number of ether oxygens (including phenoxy) is 2. The Morgan fingerprint density at radius 1 is 0.519 bits per heavy atom. The van der Waals surface area contributed by atoms with E-state index in [-0.39, 0.29) is 23.8 Å². The summed E-state index contributed by atoms with van der Waals surface area (Å²) in [5, 5.41) is 0. The highest BCUT2D eigenvalue weighted by molar-refractivity contribution is 5.74. The predicted molar refractivity (Wildman–Crippen MR) is 450 cm³/mol. The van der Waals surface area contributed by atoms with Crippen LogP contribution in [0.15, 0.2) is 200 Å². The van der Waals surface area contributed by atoms with Crippen LogP contribution >= 0.6 is 0 Å². The zero-order chi connectivity index (χ0) is 76.7. The van der Waals surface area contributed by atoms with Crippen LogP contribution in [0.2, 0.25) is 0 Å². The highest BCUT2D eigenvalue weighted by atomic mass is 16.5. The molecule has 0 saturated heterocycles. The molecule has 9 heteroatoms. The number of carbonyl (C=O) groups is 2. The fourth-order valence-electron chi connectivity index (χ4n) is 19.7. The van der Waals surface area contributed by atoms with Gasteiger partial charge in [0.2, 0.25) is 5.62 Å². The second-order valence-corrected chi connectivity index (χ2v) is 32.9. The van der Waals surface area contributed by atoms with Crippen molar-refractivity contribution in [2.24, 2.45) is 81.7 Å². The average molecular weight is 1460 g/mol. The summed E-state index contributed by atoms with van der Waals surface area (Å²) >= 11 is 0. The molecule has 0 amide bonds. The van der Waals surface area contributed by atoms with E-state index in [0.717, 1.165) is 79.1 Å². The third-order valence-corrected chi connectivity index (χ3v) is 25.0. The average Bonchev–Trinajstić information content (AvgIpc) is 1.85. The van der Waals surface area contributed by atoms with Crippen molar-refractivity contribution in [2.45, 2.75) is 213 Å². The van der Waals surface area contributed by atoms with Gasteiger partial charge in [0.25, 0.3) is 0 Å². The molecule has 10 aliphatic carbocycles. The zero-order valence-corrected chi connectivity index (χ0v) is 67.0. The van der Waals surface area contributed by atoms with Gasteiger partial charge in [-0.15, -0.1) is 13.2 Å². The second kappa shape index (κ2) is 44.1. The lowest BCUT2D eigenvalue weighted by Crippen LogP contribution is -2.23. The van der Waals surface area contributed by atoms with E-state index in [1.54, 1.807) is 57.8 Å². The number of aromatic amines is 1. The molecule has 12 atom stereocenters. The van der Waals surface area contributed by atoms with Crippen molar-refractivity contribution in [3.05, 3.63) is 268 Å². The number of hydrogen-bond acceptors (Lipinski definition) is 8. The number of benzene rings is 6. The first-order chi connectivity index (χ1) is 53.3. The summed E-state index contributed by atoms with van der Waals surface area (Å²) in [5.41, 5.74) is 23.5. The number of fused-ring (bicyclic) bond motifs is 14. The topological polar surface area (TPSA) is 123 Å². The Hall–Kier alpha value is -7.88. The van der Waals surface area contributed by atoms with E-state index in [0.29, 0.717) is 55.9 Å². The van der Waals surface area contributed by atoms with Gasteiger partial charge in [-0.2, -0.15) is 4.98 Å². The van der Waals surface area contributed by atoms with E-state index in [2.05, 4.69) is 192 Å². The molecule has 6 aromatic carbocycles. The second-order valence-electron chi connectivity index (χ2n) is 32.9. The minimum absolute atomic E-state index is 0.122. The molecule has 3 fully saturated rings. The fraction of sp³-hybridized carbons (Fsp3) is 0.515. The molecule has 0 spiro atoms. The van der Waals surface area contributed by atoms with E-state index in [9.17, 15) is 9.59 Å². The molecular formula is C99H133N5O4. The van der Waals surface area contributed by atoms with Crippen molar-refractivity contribution in [3.63, 3.8) is 0 Å². The third-order valence-electron chi connectivity index (χ3n) is 25.0. The lowest BCUT2D eigenvalue weighted by molar-refractivity contribution is -0.150. The maximum atomic E-state index is 12.2. The third kappa shape index (κ3) is 25.3. The summed E-state index contributed by atoms with van der Waals surface area (Å²) in [4.78, 5) is 36.8. The Morgan fingerprint density at radius 2 is 0.907 bits per heavy atom. The van der Waals surface area contributed by atoms with Crippen molar-refractivity contribution in [2.75, 3.05) is 45.8 Å². The number of aromatic nitrogens is 2. The van der Waals surface area contributed by atoms with Crippen LogP contribution in [0.3, 0.4) is 0 Å². The van der Waals surface area contributed by atoms with Crippen LogP contribution < -0.4 is 16.3 Å². The van der Waals surface area contributed by atoms with E-state index in [1.807, 2.05) is 44.9 Å². The lowest BCUT2D eigenvalue weighted by Gasteiger charge is -2.25. The Balaban J connectivity index is 0.000000136. The lowest BCUT2D eigenvalue weighted by atomic mass is 9.80. The van der Waals surface area contributed by atoms with Crippen molar-refractivity contribution < 1.29 is 20.4 Å². The summed E-state index contributed by atoms with van der Waals surface area (Å²) in [6, 6.07) is 53.6. The number of nitrogens with two attached hydrogens (primary N) is 1. The highest BCUT2D eigenvalue weighted by Gasteiger charge is 2.33. The van der Waals surface area contributed by atoms with E-state index < -0.39 is 0 Å². The number of anilines is 1. The summed E-state index contributed by atoms with van der Waals surface area (Å²) in [7, 11) is 5.07. The maximum absolute atomic E-state index is 12.2. The van der Waals surface area contributed by atoms with Crippen molar-refractivity contribution in [1.29, 1.82) is 0 Å². The minimum atomic E-state index is -0.186. The first-order valence-corrected chi connectivity index (χ1v) is 42.2. The molecule has 0 aliphatic heterocycles. The van der Waals surface area contributed by atoms with Crippen LogP contribution in [0.5, 0.6) is 0 Å². The summed E-state index contributed by atoms with van der Waals surface area (Å²) in [6.07, 6.45) is 49.0. The van der Waals surface area contributed by atoms with Gasteiger partial charge >= 0.3 is 11.9 Å². The van der Waals surface area contributed by atoms with Crippen LogP contribution in [0, 0.1) is 71.0 Å². The Morgan fingerprint density at radius 3 is 1.31 bits per heavy atom. The molecule has 0 radical (unpaired) electrons. The van der Waals surface area contributed by atoms with Crippen LogP contribution in [-0.2, 0) is 96.1 Å². The van der Waals surface area contributed by atoms with Gasteiger partial charge in [-0.25, -0.2) is 0 Å². The van der Waals surface area contributed by atoms with Crippen molar-refractivity contribution >= 4 is 17.8 Å². The first kappa shape index (κ1) is 81.1. The van der Waals surface area contributed by atoms with Crippen LogP contribution in [-0.4, -0.2) is 62.8 Å². The number of hydrogen-bond donors (Lipinski definition) is 2. The Labute approximate surface area is 653 Å². The van der Waals surface area contributed by atoms with Crippen molar-refractivity contribution in [1.82, 2.24) is 9.97 Å². The maximum Gasteiger partial charge on any atom is 0.309 e. The number of nitrogens with zero attached hydrogens (tertiary/aromatic N) is 3. The van der Waals surface area contributed by atoms with Crippen LogP contribution in [0.1, 0.15) is 204 Å². The van der Waals surface area contributed by atoms with Gasteiger partial charge in [0.1, 0.15) is 5.82 Å². The quantitative estimate of drug-likeness (QED) is 0.0794. The predicted octanol–water partition coefficient (Wildman–Crippen LogP) is 21.2. The zero-order valence-electron chi connectivity index (χ0n) is 68.0. The largest absolute Gasteiger partial charge is 0.466 e. The molecule has 3 saturated carbocycles. The van der Waals surface area contributed by atoms with Gasteiger partial charge in [0.15, 0.2) is 0 Å². The monoisotopic (exact) mass is 1460 g/mol. The van der Waals surface area contributed by atoms with Crippen molar-refractivity contribution in [3.8, 4) is 0 Å². The summed E-state index contributed by atoms with van der Waals surface area (Å²) < 4.78 is 17.9. The van der Waals surface area contributed by atoms with Gasteiger partial charge in [0, 0.05) is 33.3 Å². The molecule has 1 aromatic heterocycles. The fourth-order valence-corrected chi connectivity index (χ4v) is 19.7. The number of rotatable bonds is 10. The number of carbonyl (C=O) groups excluding carboxylic acids is 2. The molecule has 12 unspecified atom stereocenters. The molecule has 1 heterocycles. The molecule has 3 N–H and O–H groups in total. The number of allylic oxidation sites excluding steroid dienone is 4. The normalized spacial score (nSPS) is 25.0. The minimum Gasteiger partial charge on any atom is -0.466 e. The van der Waals surface area contributed by atoms with Gasteiger partial charge in [-0.3, -0.25) is 14.6 Å². The summed E-state index contributed by atoms with van der Waals surface area (Å²) in [6.45, 7) is 15.1. The molecule has 9 nitrogen and oxygen atoms in total. The Kier molecular flexibility index (Phi) is 33.1. The van der Waals surface area contributed by atoms with Gasteiger partial charge in [0.05, 0.1) is 20.5 Å². The molecule has 17 rings (SSSR count).